The molecule has 0 aliphatic carbocycles. The van der Waals surface area contributed by atoms with Crippen molar-refractivity contribution in [1.82, 2.24) is 4.98 Å². The average molecular weight is 767 g/mol. The standard InChI is InChI=1S/C57H38N2O/c1-5-15-39(16-6-1)41-27-30-47(31-28-41)59(48-32-29-45-35-44(25-26-46(45)36-48)40-17-7-2-8-18-40)49-33-34-50(42-19-9-3-10-20-42)53(37-49)54-38-55-56(52-24-14-13-23-51(52)54)58-57(60-55)43-21-11-4-12-22-43/h1-38H. The summed E-state index contributed by atoms with van der Waals surface area (Å²) < 4.78 is 6.59. The van der Waals surface area contributed by atoms with Gasteiger partial charge in [0.25, 0.3) is 0 Å². The zero-order chi connectivity index (χ0) is 39.8. The van der Waals surface area contributed by atoms with Crippen LogP contribution in [0.3, 0.4) is 0 Å². The Balaban J connectivity index is 1.12. The molecule has 0 amide bonds. The summed E-state index contributed by atoms with van der Waals surface area (Å²) in [6, 6.07) is 82.0. The van der Waals surface area contributed by atoms with Crippen molar-refractivity contribution >= 4 is 49.7 Å². The van der Waals surface area contributed by atoms with Gasteiger partial charge in [-0.2, -0.15) is 0 Å². The highest BCUT2D eigenvalue weighted by Gasteiger charge is 2.21. The van der Waals surface area contributed by atoms with Crippen LogP contribution in [-0.2, 0) is 0 Å². The Labute approximate surface area is 349 Å². The molecule has 11 aromatic rings. The van der Waals surface area contributed by atoms with Crippen LogP contribution >= 0.6 is 0 Å². The zero-order valence-electron chi connectivity index (χ0n) is 32.7. The van der Waals surface area contributed by atoms with Crippen LogP contribution in [0.1, 0.15) is 0 Å². The van der Waals surface area contributed by atoms with E-state index in [9.17, 15) is 0 Å². The average Bonchev–Trinajstić information content (AvgIpc) is 3.77. The van der Waals surface area contributed by atoms with Crippen molar-refractivity contribution in [3.63, 3.8) is 0 Å². The Bertz CT molecular complexity index is 3290. The molecule has 0 aliphatic rings. The molecular weight excluding hydrogens is 729 g/mol. The Morgan fingerprint density at radius 2 is 0.817 bits per heavy atom. The molecular formula is C57H38N2O. The second-order valence-corrected chi connectivity index (χ2v) is 15.2. The molecule has 282 valence electrons. The van der Waals surface area contributed by atoms with E-state index >= 15 is 0 Å². The van der Waals surface area contributed by atoms with Gasteiger partial charge in [0, 0.05) is 28.0 Å². The Hall–Kier alpha value is -8.01. The van der Waals surface area contributed by atoms with Gasteiger partial charge in [-0.1, -0.05) is 170 Å². The highest BCUT2D eigenvalue weighted by Crippen LogP contribution is 2.45. The first-order chi connectivity index (χ1) is 29.7. The summed E-state index contributed by atoms with van der Waals surface area (Å²) in [5.74, 6) is 0.613. The van der Waals surface area contributed by atoms with E-state index in [1.54, 1.807) is 0 Å². The van der Waals surface area contributed by atoms with Gasteiger partial charge in [-0.3, -0.25) is 0 Å². The molecule has 0 saturated heterocycles. The molecule has 0 aliphatic heterocycles. The van der Waals surface area contributed by atoms with Crippen LogP contribution < -0.4 is 4.90 Å². The minimum Gasteiger partial charge on any atom is -0.436 e. The minimum atomic E-state index is 0.613. The second kappa shape index (κ2) is 15.1. The molecule has 0 spiro atoms. The van der Waals surface area contributed by atoms with Gasteiger partial charge in [0.1, 0.15) is 5.52 Å². The fourth-order valence-electron chi connectivity index (χ4n) is 8.51. The molecule has 0 unspecified atom stereocenters. The van der Waals surface area contributed by atoms with E-state index in [2.05, 4.69) is 205 Å². The number of fused-ring (bicyclic) bond motifs is 4. The van der Waals surface area contributed by atoms with Crippen LogP contribution in [0.15, 0.2) is 235 Å². The summed E-state index contributed by atoms with van der Waals surface area (Å²) >= 11 is 0. The Kier molecular flexibility index (Phi) is 8.83. The number of benzene rings is 10. The molecule has 1 aromatic heterocycles. The van der Waals surface area contributed by atoms with Crippen molar-refractivity contribution in [3.8, 4) is 56.0 Å². The van der Waals surface area contributed by atoms with Gasteiger partial charge in [0.2, 0.25) is 5.89 Å². The van der Waals surface area contributed by atoms with E-state index in [-0.39, 0.29) is 0 Å². The second-order valence-electron chi connectivity index (χ2n) is 15.2. The maximum atomic E-state index is 6.59. The van der Waals surface area contributed by atoms with Crippen LogP contribution in [0, 0.1) is 0 Å². The number of hydrogen-bond donors (Lipinski definition) is 0. The van der Waals surface area contributed by atoms with Gasteiger partial charge in [-0.15, -0.1) is 0 Å². The number of anilines is 3. The molecule has 1 heterocycles. The maximum absolute atomic E-state index is 6.59. The van der Waals surface area contributed by atoms with E-state index < -0.39 is 0 Å². The fraction of sp³-hybridized carbons (Fsp3) is 0. The van der Waals surface area contributed by atoms with Gasteiger partial charge in [-0.05, 0) is 121 Å². The van der Waals surface area contributed by atoms with Crippen molar-refractivity contribution < 1.29 is 4.42 Å². The van der Waals surface area contributed by atoms with Crippen LogP contribution in [0.25, 0.3) is 88.6 Å². The van der Waals surface area contributed by atoms with Gasteiger partial charge < -0.3 is 9.32 Å². The first-order valence-corrected chi connectivity index (χ1v) is 20.4. The number of rotatable bonds is 8. The third kappa shape index (κ3) is 6.49. The quantitative estimate of drug-likeness (QED) is 0.154. The lowest BCUT2D eigenvalue weighted by molar-refractivity contribution is 0.620. The van der Waals surface area contributed by atoms with Crippen molar-refractivity contribution in [3.05, 3.63) is 231 Å². The lowest BCUT2D eigenvalue weighted by Crippen LogP contribution is -2.10. The van der Waals surface area contributed by atoms with Gasteiger partial charge in [0.05, 0.1) is 0 Å². The predicted molar refractivity (Wildman–Crippen MR) is 251 cm³/mol. The molecule has 3 heteroatoms. The van der Waals surface area contributed by atoms with Crippen molar-refractivity contribution in [2.45, 2.75) is 0 Å². The van der Waals surface area contributed by atoms with Crippen LogP contribution in [0.5, 0.6) is 0 Å². The number of aromatic nitrogens is 1. The summed E-state index contributed by atoms with van der Waals surface area (Å²) in [5.41, 5.74) is 15.0. The highest BCUT2D eigenvalue weighted by molar-refractivity contribution is 6.13. The monoisotopic (exact) mass is 766 g/mol. The molecule has 3 nitrogen and oxygen atoms in total. The molecule has 0 N–H and O–H groups in total. The lowest BCUT2D eigenvalue weighted by Gasteiger charge is -2.27. The third-order valence-corrected chi connectivity index (χ3v) is 11.5. The summed E-state index contributed by atoms with van der Waals surface area (Å²) in [6.07, 6.45) is 0. The molecule has 0 saturated carbocycles. The summed E-state index contributed by atoms with van der Waals surface area (Å²) in [4.78, 5) is 7.43. The van der Waals surface area contributed by atoms with Gasteiger partial charge >= 0.3 is 0 Å². The van der Waals surface area contributed by atoms with Crippen LogP contribution in [0.4, 0.5) is 17.1 Å². The molecule has 0 fully saturated rings. The molecule has 0 bridgehead atoms. The summed E-state index contributed by atoms with van der Waals surface area (Å²) in [6.45, 7) is 0. The largest absolute Gasteiger partial charge is 0.436 e. The first-order valence-electron chi connectivity index (χ1n) is 20.4. The maximum Gasteiger partial charge on any atom is 0.227 e. The van der Waals surface area contributed by atoms with Gasteiger partial charge in [-0.25, -0.2) is 4.98 Å². The molecule has 0 radical (unpaired) electrons. The topological polar surface area (TPSA) is 29.3 Å². The van der Waals surface area contributed by atoms with Crippen LogP contribution in [0.2, 0.25) is 0 Å². The number of hydrogen-bond acceptors (Lipinski definition) is 3. The Morgan fingerprint density at radius 1 is 0.317 bits per heavy atom. The number of nitrogens with zero attached hydrogens (tertiary/aromatic N) is 2. The molecule has 11 rings (SSSR count). The van der Waals surface area contributed by atoms with E-state index in [0.717, 1.165) is 66.8 Å². The van der Waals surface area contributed by atoms with Crippen molar-refractivity contribution in [1.29, 1.82) is 0 Å². The zero-order valence-corrected chi connectivity index (χ0v) is 32.7. The van der Waals surface area contributed by atoms with E-state index in [1.807, 2.05) is 30.3 Å². The van der Waals surface area contributed by atoms with Gasteiger partial charge in [0.15, 0.2) is 5.58 Å². The minimum absolute atomic E-state index is 0.613. The first kappa shape index (κ1) is 35.2. The van der Waals surface area contributed by atoms with Crippen molar-refractivity contribution in [2.24, 2.45) is 0 Å². The molecule has 10 aromatic carbocycles. The highest BCUT2D eigenvalue weighted by atomic mass is 16.3. The third-order valence-electron chi connectivity index (χ3n) is 11.5. The summed E-state index contributed by atoms with van der Waals surface area (Å²) in [7, 11) is 0. The lowest BCUT2D eigenvalue weighted by atomic mass is 9.90. The van der Waals surface area contributed by atoms with Crippen molar-refractivity contribution in [2.75, 3.05) is 4.90 Å². The predicted octanol–water partition coefficient (Wildman–Crippen LogP) is 15.9. The van der Waals surface area contributed by atoms with E-state index in [0.29, 0.717) is 5.89 Å². The Morgan fingerprint density at radius 3 is 1.52 bits per heavy atom. The smallest absolute Gasteiger partial charge is 0.227 e. The fourth-order valence-corrected chi connectivity index (χ4v) is 8.51. The normalized spacial score (nSPS) is 11.3. The van der Waals surface area contributed by atoms with E-state index in [1.165, 1.54) is 33.0 Å². The van der Waals surface area contributed by atoms with E-state index in [4.69, 9.17) is 9.40 Å². The number of oxazole rings is 1. The van der Waals surface area contributed by atoms with Crippen LogP contribution in [-0.4, -0.2) is 4.98 Å². The molecule has 0 atom stereocenters. The molecule has 60 heavy (non-hydrogen) atoms. The SMILES string of the molecule is c1ccc(-c2ccc(N(c3ccc(-c4ccccc4)c(-c4cc5oc(-c6ccccc6)nc5c5ccccc45)c3)c3ccc4cc(-c5ccccc5)ccc4c3)cc2)cc1. The summed E-state index contributed by atoms with van der Waals surface area (Å²) in [5, 5.41) is 4.54.